The molecule has 0 atom stereocenters. The third kappa shape index (κ3) is 30.4. The summed E-state index contributed by atoms with van der Waals surface area (Å²) in [6, 6.07) is 26.7. The second-order valence-corrected chi connectivity index (χ2v) is 41.6. The predicted molar refractivity (Wildman–Crippen MR) is 479 cm³/mol. The largest absolute Gasteiger partial charge is 0.499 e. The highest BCUT2D eigenvalue weighted by molar-refractivity contribution is 14.1. The molecule has 0 saturated carbocycles. The Morgan fingerprint density at radius 1 is 0.358 bits per heavy atom. The molecule has 8 rings (SSSR count). The number of carbonyl (C=O) groups is 1. The van der Waals surface area contributed by atoms with E-state index < -0.39 is 0 Å². The summed E-state index contributed by atoms with van der Waals surface area (Å²) in [7, 11) is -0.382. The minimum absolute atomic E-state index is 0.00290. The Balaban J connectivity index is 0.000000321. The highest BCUT2D eigenvalue weighted by Crippen LogP contribution is 2.48. The van der Waals surface area contributed by atoms with Crippen LogP contribution in [0.5, 0.6) is 40.2 Å². The smallest absolute Gasteiger partial charge is 0.493 e. The minimum atomic E-state index is -0.382. The first-order chi connectivity index (χ1) is 50.7. The molecule has 0 N–H and O–H groups in total. The van der Waals surface area contributed by atoms with Crippen molar-refractivity contribution in [2.45, 2.75) is 271 Å². The van der Waals surface area contributed by atoms with Gasteiger partial charge >= 0.3 is 7.12 Å². The van der Waals surface area contributed by atoms with Crippen molar-refractivity contribution in [1.82, 2.24) is 0 Å². The number of thiophene rings is 3. The van der Waals surface area contributed by atoms with Gasteiger partial charge in [-0.25, -0.2) is 0 Å². The number of unbranched alkanes of at least 4 members (excludes halogenated alkanes) is 2. The summed E-state index contributed by atoms with van der Waals surface area (Å²) in [4.78, 5) is 8.00. The highest BCUT2D eigenvalue weighted by atomic mass is 127. The topological polar surface area (TPSA) is 119 Å². The van der Waals surface area contributed by atoms with E-state index in [1.165, 1.54) is 29.4 Å². The third-order valence-electron chi connectivity index (χ3n) is 19.2. The third-order valence-corrected chi connectivity index (χ3v) is 23.1. The van der Waals surface area contributed by atoms with Gasteiger partial charge in [0.2, 0.25) is 0 Å². The van der Waals surface area contributed by atoms with Crippen molar-refractivity contribution < 1.29 is 56.7 Å². The summed E-state index contributed by atoms with van der Waals surface area (Å²) in [5, 5.41) is 12.4. The van der Waals surface area contributed by atoms with Crippen LogP contribution >= 0.6 is 79.2 Å². The Morgan fingerprint density at radius 3 is 0.972 bits per heavy atom. The summed E-state index contributed by atoms with van der Waals surface area (Å²) >= 11 is 9.68. The van der Waals surface area contributed by atoms with Gasteiger partial charge in [0.05, 0.1) is 51.4 Å². The molecule has 0 spiro atoms. The van der Waals surface area contributed by atoms with Crippen LogP contribution in [0.15, 0.2) is 105 Å². The first kappa shape index (κ1) is 95.2. The van der Waals surface area contributed by atoms with Crippen molar-refractivity contribution >= 4 is 98.6 Å². The maximum atomic E-state index is 8.00. The summed E-state index contributed by atoms with van der Waals surface area (Å²) in [6.45, 7) is 67.5. The van der Waals surface area contributed by atoms with Gasteiger partial charge < -0.3 is 56.7 Å². The standard InChI is InChI=1S/C45H64O5S2.C32H48I2O2.C13H21BO4S.CH2O/c1-13-46-31-50-41-28-52-26-37(41)35-24-33(45(11,12)30-43(6,7)8)18-20-39(35)49-22-16-15-21-48-38-19-17-32(44(9,10)29-42(3,4)5)23-34(38)36-25-51-27-40(36)47-14-2;1-29(2,3)21-31(7,8)23-13-15-27(25(33)19-23)35-17-11-12-18-36-28-16-14-24(20-26(28)34)32(9,10)22-30(4,5)6;1-6-15-9-16-11-8-19-7-10(11)14-17-12(2,3)13(4,5)18-14;1-2/h17-20,23-28H,13-16,21-22,29-31H2,1-12H3;13-16,19-20H,11-12,17-18,21-22H2,1-10H3;7-8H,6,9H2,1-5H3;1H2. The lowest BCUT2D eigenvalue weighted by atomic mass is 9.72. The van der Waals surface area contributed by atoms with Crippen LogP contribution in [0.3, 0.4) is 0 Å². The molecule has 3 aromatic heterocycles. The Labute approximate surface area is 699 Å². The lowest BCUT2D eigenvalue weighted by Crippen LogP contribution is -2.41. The van der Waals surface area contributed by atoms with E-state index >= 15 is 0 Å². The molecule has 18 heteroatoms. The molecule has 1 aliphatic heterocycles. The average Bonchev–Trinajstić information content (AvgIpc) is 1.65. The van der Waals surface area contributed by atoms with Crippen LogP contribution in [0.25, 0.3) is 22.3 Å². The zero-order chi connectivity index (χ0) is 81.6. The van der Waals surface area contributed by atoms with E-state index in [0.29, 0.717) is 57.1 Å². The number of ether oxygens (including phenoxy) is 9. The number of hydrogen-bond acceptors (Lipinski definition) is 15. The van der Waals surface area contributed by atoms with Crippen molar-refractivity contribution in [2.24, 2.45) is 21.7 Å². The van der Waals surface area contributed by atoms with Gasteiger partial charge in [0.15, 0.2) is 13.6 Å². The van der Waals surface area contributed by atoms with E-state index in [-0.39, 0.29) is 64.4 Å². The molecule has 0 bridgehead atoms. The lowest BCUT2D eigenvalue weighted by Gasteiger charge is -2.33. The maximum absolute atomic E-state index is 8.00. The van der Waals surface area contributed by atoms with Crippen LogP contribution < -0.4 is 38.6 Å². The van der Waals surface area contributed by atoms with Crippen LogP contribution in [-0.2, 0) is 45.2 Å². The van der Waals surface area contributed by atoms with Gasteiger partial charge in [-0.3, -0.25) is 0 Å². The number of rotatable bonds is 35. The molecule has 1 fully saturated rings. The lowest BCUT2D eigenvalue weighted by molar-refractivity contribution is -0.0980. The Morgan fingerprint density at radius 2 is 0.651 bits per heavy atom. The monoisotopic (exact) mass is 1780 g/mol. The van der Waals surface area contributed by atoms with Gasteiger partial charge in [-0.2, -0.15) is 0 Å². The van der Waals surface area contributed by atoms with E-state index in [9.17, 15) is 0 Å². The summed E-state index contributed by atoms with van der Waals surface area (Å²) in [6.07, 6.45) is 8.11. The number of benzene rings is 4. The number of halogens is 2. The van der Waals surface area contributed by atoms with E-state index in [1.807, 2.05) is 71.4 Å². The van der Waals surface area contributed by atoms with Gasteiger partial charge in [-0.1, -0.05) is 163 Å². The van der Waals surface area contributed by atoms with Crippen molar-refractivity contribution in [1.29, 1.82) is 0 Å². The molecular formula is C91H135BI2O12S3. The van der Waals surface area contributed by atoms with Gasteiger partial charge in [0.1, 0.15) is 47.0 Å². The van der Waals surface area contributed by atoms with E-state index in [0.717, 1.165) is 119 Å². The normalized spacial score (nSPS) is 14.0. The molecule has 0 radical (unpaired) electrons. The second-order valence-electron chi connectivity index (χ2n) is 37.0. The number of carbonyl (C=O) groups excluding carboxylic acids is 1. The van der Waals surface area contributed by atoms with Crippen LogP contribution in [0, 0.1) is 28.8 Å². The Kier molecular flexibility index (Phi) is 36.5. The SMILES string of the molecule is C=O.CC(C)(C)CC(C)(C)c1ccc(OCCCCOc2ccc(C(C)(C)CC(C)(C)C)cc2I)c(I)c1.CCOCOc1cscc1-c1cc(C(C)(C)CC(C)(C)C)ccc1OCCCCOc1ccc(C(C)(C)CC(C)(C)C)cc1-c1cscc1OCC.CCOCOc1cscc1B1OC(C)(C)C(C)(C)O1. The Bertz CT molecular complexity index is 3770. The number of hydrogen-bond donors (Lipinski definition) is 0. The van der Waals surface area contributed by atoms with Crippen molar-refractivity contribution in [2.75, 3.05) is 59.8 Å². The van der Waals surface area contributed by atoms with Crippen molar-refractivity contribution in [3.63, 3.8) is 0 Å². The van der Waals surface area contributed by atoms with E-state index in [1.54, 1.807) is 34.0 Å². The highest BCUT2D eigenvalue weighted by Gasteiger charge is 2.53. The molecule has 0 unspecified atom stereocenters. The van der Waals surface area contributed by atoms with Crippen molar-refractivity contribution in [3.8, 4) is 62.5 Å². The van der Waals surface area contributed by atoms with Gasteiger partial charge in [-0.15, -0.1) is 34.0 Å². The zero-order valence-electron chi connectivity index (χ0n) is 71.6. The second kappa shape index (κ2) is 41.8. The molecule has 7 aromatic rings. The summed E-state index contributed by atoms with van der Waals surface area (Å²) in [5.41, 5.74) is 11.2. The van der Waals surface area contributed by atoms with Gasteiger partial charge in [0.25, 0.3) is 0 Å². The molecule has 109 heavy (non-hydrogen) atoms. The summed E-state index contributed by atoms with van der Waals surface area (Å²) in [5.74, 6) is 6.24. The van der Waals surface area contributed by atoms with Crippen molar-refractivity contribution in [3.05, 3.63) is 134 Å². The molecule has 4 heterocycles. The van der Waals surface area contributed by atoms with E-state index in [4.69, 9.17) is 56.7 Å². The fourth-order valence-corrected chi connectivity index (χ4v) is 18.4. The molecule has 0 aliphatic carbocycles. The van der Waals surface area contributed by atoms with Gasteiger partial charge in [-0.05, 0) is 264 Å². The average molecular weight is 1780 g/mol. The molecular weight excluding hydrogens is 1650 g/mol. The van der Waals surface area contributed by atoms with Crippen LogP contribution in [-0.4, -0.2) is 84.9 Å². The molecule has 606 valence electrons. The van der Waals surface area contributed by atoms with Crippen LogP contribution in [0.4, 0.5) is 0 Å². The quantitative estimate of drug-likeness (QED) is 0.0163. The Hall–Kier alpha value is -4.39. The van der Waals surface area contributed by atoms with Crippen LogP contribution in [0.1, 0.15) is 261 Å². The zero-order valence-corrected chi connectivity index (χ0v) is 78.3. The van der Waals surface area contributed by atoms with Crippen LogP contribution in [0.2, 0.25) is 0 Å². The minimum Gasteiger partial charge on any atom is -0.493 e. The fourth-order valence-electron chi connectivity index (χ4n) is 14.8. The molecule has 12 nitrogen and oxygen atoms in total. The maximum Gasteiger partial charge on any atom is 0.499 e. The fraction of sp³-hybridized carbons (Fsp3) is 0.593. The van der Waals surface area contributed by atoms with E-state index in [2.05, 4.69) is 273 Å². The summed E-state index contributed by atoms with van der Waals surface area (Å²) < 4.78 is 68.1. The van der Waals surface area contributed by atoms with Gasteiger partial charge in [0, 0.05) is 67.8 Å². The molecule has 0 amide bonds. The first-order valence-electron chi connectivity index (χ1n) is 39.0. The molecule has 1 aliphatic rings. The first-order valence-corrected chi connectivity index (χ1v) is 44.0. The molecule has 1 saturated heterocycles. The predicted octanol–water partition coefficient (Wildman–Crippen LogP) is 26.4. The molecule has 4 aromatic carbocycles.